The number of hydrogen-bond donors (Lipinski definition) is 1. The molecule has 0 atom stereocenters. The van der Waals surface area contributed by atoms with Gasteiger partial charge in [-0.15, -0.1) is 0 Å². The quantitative estimate of drug-likeness (QED) is 0.665. The van der Waals surface area contributed by atoms with Gasteiger partial charge < -0.3 is 9.52 Å². The summed E-state index contributed by atoms with van der Waals surface area (Å²) < 4.78 is 4.78. The fraction of sp³-hybridized carbons (Fsp3) is 0.333. The lowest BCUT2D eigenvalue weighted by Crippen LogP contribution is -1.94. The largest absolute Gasteiger partial charge is 0.474 e. The molecule has 0 saturated heterocycles. The second-order valence-electron chi connectivity index (χ2n) is 1.79. The molecule has 1 heterocycles. The number of nitrogens with zero attached hydrogens (tertiary/aromatic N) is 1. The molecular formula is C6H7NO3. The average Bonchev–Trinajstić information content (AvgIpc) is 2.34. The van der Waals surface area contributed by atoms with Gasteiger partial charge in [-0.3, -0.25) is 0 Å². The van der Waals surface area contributed by atoms with E-state index in [1.54, 1.807) is 0 Å². The van der Waals surface area contributed by atoms with Crippen LogP contribution in [-0.4, -0.2) is 16.1 Å². The Hall–Kier alpha value is -1.32. The zero-order valence-corrected chi connectivity index (χ0v) is 5.50. The summed E-state index contributed by atoms with van der Waals surface area (Å²) >= 11 is 0. The molecule has 1 aromatic heterocycles. The predicted octanol–water partition coefficient (Wildman–Crippen LogP) is 0.935. The Morgan fingerprint density at radius 1 is 1.90 bits per heavy atom. The summed E-state index contributed by atoms with van der Waals surface area (Å²) in [6.07, 6.45) is 2.09. The second kappa shape index (κ2) is 2.51. The first-order chi connectivity index (χ1) is 4.74. The van der Waals surface area contributed by atoms with Gasteiger partial charge in [-0.1, -0.05) is 6.92 Å². The monoisotopic (exact) mass is 141 g/mol. The first-order valence-corrected chi connectivity index (χ1v) is 2.92. The third-order valence-electron chi connectivity index (χ3n) is 1.08. The predicted molar refractivity (Wildman–Crippen MR) is 32.8 cm³/mol. The Morgan fingerprint density at radius 2 is 2.60 bits per heavy atom. The summed E-state index contributed by atoms with van der Waals surface area (Å²) in [6.45, 7) is 1.87. The first kappa shape index (κ1) is 6.80. The van der Waals surface area contributed by atoms with Crippen LogP contribution in [0.25, 0.3) is 0 Å². The number of aromatic carboxylic acids is 1. The molecule has 4 heteroatoms. The molecular weight excluding hydrogens is 134 g/mol. The number of carboxylic acids is 1. The molecule has 0 amide bonds. The van der Waals surface area contributed by atoms with E-state index in [1.807, 2.05) is 6.92 Å². The van der Waals surface area contributed by atoms with Crippen LogP contribution in [0.2, 0.25) is 0 Å². The third-order valence-corrected chi connectivity index (χ3v) is 1.08. The molecule has 0 radical (unpaired) electrons. The van der Waals surface area contributed by atoms with Gasteiger partial charge >= 0.3 is 11.9 Å². The standard InChI is InChI=1S/C6H7NO3/c1-2-4-3-7-5(10-4)6(8)9/h3H,2H2,1H3,(H,8,9). The van der Waals surface area contributed by atoms with Crippen molar-refractivity contribution in [3.8, 4) is 0 Å². The topological polar surface area (TPSA) is 63.3 Å². The molecule has 0 spiro atoms. The molecule has 10 heavy (non-hydrogen) atoms. The molecule has 4 nitrogen and oxygen atoms in total. The van der Waals surface area contributed by atoms with E-state index in [0.717, 1.165) is 0 Å². The van der Waals surface area contributed by atoms with Gasteiger partial charge in [0.25, 0.3) is 0 Å². The van der Waals surface area contributed by atoms with E-state index >= 15 is 0 Å². The summed E-state index contributed by atoms with van der Waals surface area (Å²) in [4.78, 5) is 13.7. The minimum atomic E-state index is -1.13. The number of aromatic nitrogens is 1. The highest BCUT2D eigenvalue weighted by Crippen LogP contribution is 2.02. The fourth-order valence-corrected chi connectivity index (χ4v) is 0.570. The van der Waals surface area contributed by atoms with Crippen molar-refractivity contribution in [3.63, 3.8) is 0 Å². The van der Waals surface area contributed by atoms with Crippen LogP contribution in [0.5, 0.6) is 0 Å². The summed E-state index contributed by atoms with van der Waals surface area (Å²) in [5, 5.41) is 8.34. The van der Waals surface area contributed by atoms with E-state index in [2.05, 4.69) is 4.98 Å². The maximum atomic E-state index is 10.2. The van der Waals surface area contributed by atoms with Crippen LogP contribution in [0.4, 0.5) is 0 Å². The second-order valence-corrected chi connectivity index (χ2v) is 1.79. The number of carboxylic acid groups (broad SMARTS) is 1. The molecule has 0 aliphatic heterocycles. The molecule has 1 N–H and O–H groups in total. The number of rotatable bonds is 2. The van der Waals surface area contributed by atoms with Crippen LogP contribution in [0, 0.1) is 0 Å². The van der Waals surface area contributed by atoms with Gasteiger partial charge in [0.2, 0.25) is 0 Å². The maximum absolute atomic E-state index is 10.2. The molecule has 0 unspecified atom stereocenters. The van der Waals surface area contributed by atoms with Crippen molar-refractivity contribution >= 4 is 5.97 Å². The Bertz CT molecular complexity index is 241. The van der Waals surface area contributed by atoms with Crippen molar-refractivity contribution in [2.75, 3.05) is 0 Å². The van der Waals surface area contributed by atoms with E-state index in [9.17, 15) is 4.79 Å². The van der Waals surface area contributed by atoms with E-state index in [4.69, 9.17) is 9.52 Å². The van der Waals surface area contributed by atoms with Crippen molar-refractivity contribution in [1.29, 1.82) is 0 Å². The maximum Gasteiger partial charge on any atom is 0.392 e. The number of aryl methyl sites for hydroxylation is 1. The normalized spacial score (nSPS) is 9.70. The van der Waals surface area contributed by atoms with Gasteiger partial charge in [-0.25, -0.2) is 9.78 Å². The number of hydrogen-bond acceptors (Lipinski definition) is 3. The van der Waals surface area contributed by atoms with Gasteiger partial charge in [-0.05, 0) is 0 Å². The summed E-state index contributed by atoms with van der Waals surface area (Å²) in [5.41, 5.74) is 0. The minimum Gasteiger partial charge on any atom is -0.474 e. The lowest BCUT2D eigenvalue weighted by molar-refractivity contribution is 0.0652. The SMILES string of the molecule is CCc1cnc(C(=O)O)o1. The van der Waals surface area contributed by atoms with Crippen LogP contribution >= 0.6 is 0 Å². The highest BCUT2D eigenvalue weighted by molar-refractivity contribution is 5.81. The van der Waals surface area contributed by atoms with Crippen LogP contribution < -0.4 is 0 Å². The molecule has 0 bridgehead atoms. The fourth-order valence-electron chi connectivity index (χ4n) is 0.570. The highest BCUT2D eigenvalue weighted by atomic mass is 16.4. The zero-order chi connectivity index (χ0) is 7.56. The molecule has 1 rings (SSSR count). The first-order valence-electron chi connectivity index (χ1n) is 2.92. The van der Waals surface area contributed by atoms with Crippen LogP contribution in [0.3, 0.4) is 0 Å². The number of oxazole rings is 1. The van der Waals surface area contributed by atoms with E-state index in [1.165, 1.54) is 6.20 Å². The smallest absolute Gasteiger partial charge is 0.392 e. The van der Waals surface area contributed by atoms with E-state index in [-0.39, 0.29) is 5.89 Å². The minimum absolute atomic E-state index is 0.239. The van der Waals surface area contributed by atoms with E-state index in [0.29, 0.717) is 12.2 Å². The van der Waals surface area contributed by atoms with Crippen molar-refractivity contribution < 1.29 is 14.3 Å². The molecule has 1 aromatic rings. The molecule has 0 aliphatic rings. The third kappa shape index (κ3) is 1.15. The lowest BCUT2D eigenvalue weighted by atomic mass is 10.4. The Balaban J connectivity index is 2.88. The van der Waals surface area contributed by atoms with E-state index < -0.39 is 5.97 Å². The molecule has 0 fully saturated rings. The van der Waals surface area contributed by atoms with Crippen molar-refractivity contribution in [3.05, 3.63) is 17.8 Å². The summed E-state index contributed by atoms with van der Waals surface area (Å²) in [5.74, 6) is -0.769. The van der Waals surface area contributed by atoms with Crippen molar-refractivity contribution in [2.45, 2.75) is 13.3 Å². The zero-order valence-electron chi connectivity index (χ0n) is 5.50. The molecule has 0 aliphatic carbocycles. The Kier molecular flexibility index (Phi) is 1.71. The van der Waals surface area contributed by atoms with Gasteiger partial charge in [0.05, 0.1) is 6.20 Å². The van der Waals surface area contributed by atoms with Gasteiger partial charge in [0, 0.05) is 6.42 Å². The molecule has 0 saturated carbocycles. The van der Waals surface area contributed by atoms with Crippen molar-refractivity contribution in [2.24, 2.45) is 0 Å². The van der Waals surface area contributed by atoms with Gasteiger partial charge in [-0.2, -0.15) is 0 Å². The molecule has 0 aromatic carbocycles. The average molecular weight is 141 g/mol. The van der Waals surface area contributed by atoms with Gasteiger partial charge in [0.15, 0.2) is 0 Å². The van der Waals surface area contributed by atoms with Crippen LogP contribution in [-0.2, 0) is 6.42 Å². The van der Waals surface area contributed by atoms with Crippen molar-refractivity contribution in [1.82, 2.24) is 4.98 Å². The lowest BCUT2D eigenvalue weighted by Gasteiger charge is -1.83. The van der Waals surface area contributed by atoms with Gasteiger partial charge in [0.1, 0.15) is 5.76 Å². The molecule has 54 valence electrons. The highest BCUT2D eigenvalue weighted by Gasteiger charge is 2.08. The summed E-state index contributed by atoms with van der Waals surface area (Å²) in [6, 6.07) is 0. The van der Waals surface area contributed by atoms with Crippen LogP contribution in [0.15, 0.2) is 10.6 Å². The Labute approximate surface area is 57.5 Å². The Morgan fingerprint density at radius 3 is 2.90 bits per heavy atom. The number of carbonyl (C=O) groups is 1. The summed E-state index contributed by atoms with van der Waals surface area (Å²) in [7, 11) is 0. The van der Waals surface area contributed by atoms with Crippen LogP contribution in [0.1, 0.15) is 23.4 Å².